The second-order valence-corrected chi connectivity index (χ2v) is 14.5. The summed E-state index contributed by atoms with van der Waals surface area (Å²) in [5.41, 5.74) is 4.76. The number of hydrogen-bond acceptors (Lipinski definition) is 10. The first-order chi connectivity index (χ1) is 28.5. The van der Waals surface area contributed by atoms with Crippen LogP contribution in [0.4, 0.5) is 20.4 Å². The number of anilines is 2. The Bertz CT molecular complexity index is 2560. The van der Waals surface area contributed by atoms with E-state index in [9.17, 15) is 32.8 Å². The van der Waals surface area contributed by atoms with E-state index in [-0.39, 0.29) is 92.8 Å². The summed E-state index contributed by atoms with van der Waals surface area (Å²) in [6.45, 7) is 0.267. The number of ketones is 1. The normalized spacial score (nSPS) is 15.7. The molecule has 3 N–H and O–H groups in total. The van der Waals surface area contributed by atoms with Crippen LogP contribution in [-0.2, 0) is 38.6 Å². The third-order valence-corrected chi connectivity index (χ3v) is 10.5. The predicted molar refractivity (Wildman–Crippen MR) is 212 cm³/mol. The van der Waals surface area contributed by atoms with Crippen LogP contribution >= 0.6 is 11.6 Å². The first-order valence-electron chi connectivity index (χ1n) is 18.7. The van der Waals surface area contributed by atoms with Gasteiger partial charge in [-0.2, -0.15) is 0 Å². The predicted octanol–water partition coefficient (Wildman–Crippen LogP) is 5.49. The van der Waals surface area contributed by atoms with Crippen molar-refractivity contribution >= 4 is 58.4 Å². The molecule has 0 aliphatic carbocycles. The van der Waals surface area contributed by atoms with Crippen molar-refractivity contribution in [3.8, 4) is 11.3 Å². The van der Waals surface area contributed by atoms with Gasteiger partial charge in [-0.15, -0.1) is 0 Å². The number of benzene rings is 4. The molecule has 4 aromatic carbocycles. The summed E-state index contributed by atoms with van der Waals surface area (Å²) >= 11 is 6.33. The van der Waals surface area contributed by atoms with Gasteiger partial charge in [-0.1, -0.05) is 35.9 Å². The van der Waals surface area contributed by atoms with Crippen molar-refractivity contribution in [2.75, 3.05) is 25.1 Å². The summed E-state index contributed by atoms with van der Waals surface area (Å²) in [7, 11) is 0. The van der Waals surface area contributed by atoms with E-state index in [1.807, 2.05) is 0 Å². The van der Waals surface area contributed by atoms with E-state index < -0.39 is 23.6 Å². The molecular weight excluding hydrogens is 784 g/mol. The number of nitrogens with one attached hydrogen (secondary N) is 3. The topological polar surface area (TPSA) is 172 Å². The summed E-state index contributed by atoms with van der Waals surface area (Å²) in [5, 5.41) is 8.54. The van der Waals surface area contributed by atoms with Crippen LogP contribution in [0.15, 0.2) is 90.1 Å². The molecule has 0 spiro atoms. The van der Waals surface area contributed by atoms with Crippen molar-refractivity contribution in [3.63, 3.8) is 0 Å². The number of amides is 4. The highest BCUT2D eigenvalue weighted by molar-refractivity contribution is 6.31. The number of halogens is 3. The molecule has 16 heteroatoms. The first-order valence-corrected chi connectivity index (χ1v) is 19.1. The number of ether oxygens (including phenoxy) is 1. The van der Waals surface area contributed by atoms with Crippen molar-refractivity contribution in [1.29, 1.82) is 0 Å². The van der Waals surface area contributed by atoms with Gasteiger partial charge in [0.25, 0.3) is 11.8 Å². The SMILES string of the molecule is O=C(COCCNC(=O)c1ccc(Nc2ncc3c(n2)-c2ccc(Cl)cc2C(c2c(F)cccc2F)=NC3)cc1)Cc1cccc2c1CN(C1CCC(=O)NC1=O)C2=O. The van der Waals surface area contributed by atoms with Crippen LogP contribution in [0.25, 0.3) is 11.3 Å². The monoisotopic (exact) mass is 817 g/mol. The van der Waals surface area contributed by atoms with Gasteiger partial charge in [0.2, 0.25) is 17.8 Å². The summed E-state index contributed by atoms with van der Waals surface area (Å²) in [6.07, 6.45) is 2.02. The Balaban J connectivity index is 0.831. The van der Waals surface area contributed by atoms with Gasteiger partial charge < -0.3 is 20.3 Å². The van der Waals surface area contributed by atoms with Gasteiger partial charge in [-0.3, -0.25) is 34.3 Å². The lowest BCUT2D eigenvalue weighted by molar-refractivity contribution is -0.137. The molecule has 0 bridgehead atoms. The number of hydrogen-bond donors (Lipinski definition) is 3. The Hall–Kier alpha value is -6.71. The number of piperidine rings is 1. The van der Waals surface area contributed by atoms with Crippen molar-refractivity contribution < 1.29 is 37.5 Å². The average molecular weight is 818 g/mol. The van der Waals surface area contributed by atoms with E-state index in [2.05, 4.69) is 25.9 Å². The number of aliphatic imine (C=N–C) groups is 1. The molecule has 1 saturated heterocycles. The molecule has 0 saturated carbocycles. The molecule has 5 aromatic rings. The molecule has 1 atom stereocenters. The fourth-order valence-corrected chi connectivity index (χ4v) is 7.53. The van der Waals surface area contributed by atoms with Crippen LogP contribution in [0, 0.1) is 11.6 Å². The quantitative estimate of drug-likeness (QED) is 0.109. The second kappa shape index (κ2) is 16.6. The maximum absolute atomic E-state index is 14.9. The van der Waals surface area contributed by atoms with Gasteiger partial charge in [0.05, 0.1) is 30.1 Å². The first kappa shape index (κ1) is 39.1. The Morgan fingerprint density at radius 2 is 1.73 bits per heavy atom. The third-order valence-electron chi connectivity index (χ3n) is 10.2. The van der Waals surface area contributed by atoms with E-state index >= 15 is 0 Å². The van der Waals surface area contributed by atoms with Crippen LogP contribution in [0.3, 0.4) is 0 Å². The van der Waals surface area contributed by atoms with Gasteiger partial charge in [0.15, 0.2) is 5.78 Å². The van der Waals surface area contributed by atoms with Crippen LogP contribution in [-0.4, -0.2) is 75.8 Å². The molecule has 4 amide bonds. The minimum atomic E-state index is -0.751. The van der Waals surface area contributed by atoms with Crippen LogP contribution in [0.5, 0.6) is 0 Å². The van der Waals surface area contributed by atoms with Gasteiger partial charge in [0.1, 0.15) is 24.3 Å². The Kier molecular flexibility index (Phi) is 11.0. The number of Topliss-reactive ketones (excluding diaryl/α,β-unsaturated/α-hetero) is 1. The lowest BCUT2D eigenvalue weighted by Gasteiger charge is -2.29. The van der Waals surface area contributed by atoms with Gasteiger partial charge in [-0.05, 0) is 72.1 Å². The Morgan fingerprint density at radius 3 is 2.51 bits per heavy atom. The van der Waals surface area contributed by atoms with Crippen molar-refractivity contribution in [2.24, 2.45) is 4.99 Å². The minimum Gasteiger partial charge on any atom is -0.372 e. The molecule has 13 nitrogen and oxygen atoms in total. The highest BCUT2D eigenvalue weighted by Crippen LogP contribution is 2.35. The number of nitrogens with zero attached hydrogens (tertiary/aromatic N) is 4. The Morgan fingerprint density at radius 1 is 0.949 bits per heavy atom. The van der Waals surface area contributed by atoms with Crippen LogP contribution < -0.4 is 16.0 Å². The van der Waals surface area contributed by atoms with E-state index in [0.29, 0.717) is 55.3 Å². The van der Waals surface area contributed by atoms with E-state index in [1.54, 1.807) is 66.9 Å². The standard InChI is InChI=1S/C43H34ClF2N7O6/c44-26-9-12-29-31(18-26)39(37-33(45)5-2-6-34(37)46)48-19-25-20-49-43(52-38(25)29)50-27-10-7-23(8-11-27)40(56)47-15-16-59-22-28(54)17-24-3-1-4-30-32(24)21-53(42(30)58)35-13-14-36(55)51-41(35)57/h1-12,18,20,35H,13-17,19,21-22H2,(H,47,56)(H,49,50,52)(H,51,55,57). The van der Waals surface area contributed by atoms with E-state index in [4.69, 9.17) is 21.3 Å². The minimum absolute atomic E-state index is 0.0249. The summed E-state index contributed by atoms with van der Waals surface area (Å²) in [6, 6.07) is 19.6. The molecule has 8 rings (SSSR count). The summed E-state index contributed by atoms with van der Waals surface area (Å²) in [4.78, 5) is 77.9. The molecule has 59 heavy (non-hydrogen) atoms. The molecule has 4 heterocycles. The Labute approximate surface area is 340 Å². The smallest absolute Gasteiger partial charge is 0.255 e. The zero-order valence-electron chi connectivity index (χ0n) is 31.2. The molecule has 1 unspecified atom stereocenters. The molecule has 298 valence electrons. The lowest BCUT2D eigenvalue weighted by Crippen LogP contribution is -2.52. The number of aromatic nitrogens is 2. The number of carbonyl (C=O) groups excluding carboxylic acids is 5. The third kappa shape index (κ3) is 8.20. The molecule has 1 fully saturated rings. The zero-order chi connectivity index (χ0) is 41.2. The zero-order valence-corrected chi connectivity index (χ0v) is 31.9. The maximum atomic E-state index is 14.9. The van der Waals surface area contributed by atoms with E-state index in [0.717, 1.165) is 0 Å². The number of imide groups is 1. The van der Waals surface area contributed by atoms with Crippen molar-refractivity contribution in [2.45, 2.75) is 38.4 Å². The van der Waals surface area contributed by atoms with Gasteiger partial charge in [0, 0.05) is 70.7 Å². The summed E-state index contributed by atoms with van der Waals surface area (Å²) in [5.74, 6) is -3.01. The largest absolute Gasteiger partial charge is 0.372 e. The fraction of sp³-hybridized carbons (Fsp3) is 0.209. The molecule has 0 radical (unpaired) electrons. The van der Waals surface area contributed by atoms with Crippen molar-refractivity contribution in [3.05, 3.63) is 141 Å². The van der Waals surface area contributed by atoms with Gasteiger partial charge in [-0.25, -0.2) is 18.7 Å². The average Bonchev–Trinajstić information content (AvgIpc) is 3.47. The summed E-state index contributed by atoms with van der Waals surface area (Å²) < 4.78 is 35.3. The molecular formula is C43H34ClF2N7O6. The lowest BCUT2D eigenvalue weighted by atomic mass is 9.95. The molecule has 3 aliphatic heterocycles. The fourth-order valence-electron chi connectivity index (χ4n) is 7.36. The highest BCUT2D eigenvalue weighted by Gasteiger charge is 2.40. The van der Waals surface area contributed by atoms with Gasteiger partial charge >= 0.3 is 0 Å². The second-order valence-electron chi connectivity index (χ2n) is 14.1. The van der Waals surface area contributed by atoms with Crippen LogP contribution in [0.1, 0.15) is 61.4 Å². The number of rotatable bonds is 12. The highest BCUT2D eigenvalue weighted by atomic mass is 35.5. The molecule has 3 aliphatic rings. The molecule has 1 aromatic heterocycles. The van der Waals surface area contributed by atoms with Crippen LogP contribution in [0.2, 0.25) is 5.02 Å². The number of carbonyl (C=O) groups is 5. The van der Waals surface area contributed by atoms with Crippen molar-refractivity contribution in [1.82, 2.24) is 25.5 Å². The number of fused-ring (bicyclic) bond motifs is 4. The maximum Gasteiger partial charge on any atom is 0.255 e. The van der Waals surface area contributed by atoms with E-state index in [1.165, 1.54) is 23.1 Å².